The third-order valence-corrected chi connectivity index (χ3v) is 1.63. The van der Waals surface area contributed by atoms with Crippen molar-refractivity contribution in [1.29, 1.82) is 0 Å². The minimum Gasteiger partial charge on any atom is -0.454 e. The molecule has 57 valence electrons. The van der Waals surface area contributed by atoms with Crippen molar-refractivity contribution in [2.75, 3.05) is 6.79 Å². The molecule has 1 aliphatic rings. The van der Waals surface area contributed by atoms with Gasteiger partial charge >= 0.3 is 0 Å². The van der Waals surface area contributed by atoms with Gasteiger partial charge in [0, 0.05) is 5.56 Å². The quantitative estimate of drug-likeness (QED) is 0.607. The molecule has 0 spiro atoms. The van der Waals surface area contributed by atoms with Crippen LogP contribution in [0.25, 0.3) is 0 Å². The van der Waals surface area contributed by atoms with Crippen LogP contribution < -0.4 is 9.47 Å². The van der Waals surface area contributed by atoms with E-state index in [0.29, 0.717) is 17.1 Å². The van der Waals surface area contributed by atoms with Gasteiger partial charge in [-0.2, -0.15) is 0 Å². The molecular weight excluding hydrogens is 144 g/mol. The molecule has 0 aromatic heterocycles. The molecule has 0 bridgehead atoms. The summed E-state index contributed by atoms with van der Waals surface area (Å²) in [6.45, 7) is -0.0289. The second-order valence-corrected chi connectivity index (χ2v) is 2.30. The summed E-state index contributed by atoms with van der Waals surface area (Å²) >= 11 is 0. The number of fused-ring (bicyclic) bond motifs is 1. The minimum atomic E-state index is -0.257. The summed E-state index contributed by atoms with van der Waals surface area (Å²) in [6.07, 6.45) is 0. The predicted octanol–water partition coefficient (Wildman–Crippen LogP) is 1.35. The molecule has 1 aromatic rings. The molecule has 0 fully saturated rings. The summed E-state index contributed by atoms with van der Waals surface area (Å²) in [5.41, 5.74) is 0.667. The molecule has 0 atom stereocenters. The highest BCUT2D eigenvalue weighted by Crippen LogP contribution is 2.35. The van der Waals surface area contributed by atoms with E-state index in [2.05, 4.69) is 0 Å². The van der Waals surface area contributed by atoms with Crippen molar-refractivity contribution < 1.29 is 14.6 Å². The van der Waals surface area contributed by atoms with Crippen LogP contribution in [0.15, 0.2) is 18.2 Å². The third-order valence-electron chi connectivity index (χ3n) is 1.63. The predicted molar refractivity (Wildman–Crippen MR) is 37.0 cm³/mol. The van der Waals surface area contributed by atoms with Gasteiger partial charge in [-0.15, -0.1) is 0 Å². The number of rotatable bonds is 1. The van der Waals surface area contributed by atoms with Gasteiger partial charge in [0.25, 0.3) is 0 Å². The molecule has 1 radical (unpaired) electrons. The Morgan fingerprint density at radius 1 is 1.36 bits per heavy atom. The monoisotopic (exact) mass is 151 g/mol. The van der Waals surface area contributed by atoms with Crippen LogP contribution in [0.2, 0.25) is 0 Å². The van der Waals surface area contributed by atoms with Gasteiger partial charge in [-0.25, -0.2) is 5.11 Å². The number of hydrogen-bond donors (Lipinski definition) is 0. The second-order valence-electron chi connectivity index (χ2n) is 2.30. The van der Waals surface area contributed by atoms with E-state index < -0.39 is 0 Å². The summed E-state index contributed by atoms with van der Waals surface area (Å²) in [6, 6.07) is 5.34. The van der Waals surface area contributed by atoms with E-state index in [1.165, 1.54) is 0 Å². The van der Waals surface area contributed by atoms with Crippen molar-refractivity contribution in [2.24, 2.45) is 0 Å². The Bertz CT molecular complexity index is 270. The van der Waals surface area contributed by atoms with Crippen molar-refractivity contribution in [3.63, 3.8) is 0 Å². The first-order valence-corrected chi connectivity index (χ1v) is 3.37. The lowest BCUT2D eigenvalue weighted by Gasteiger charge is -1.99. The number of benzene rings is 1. The van der Waals surface area contributed by atoms with Crippen LogP contribution in [0.1, 0.15) is 5.56 Å². The molecule has 0 aliphatic carbocycles. The zero-order valence-corrected chi connectivity index (χ0v) is 5.87. The first-order valence-electron chi connectivity index (χ1n) is 3.37. The van der Waals surface area contributed by atoms with Crippen molar-refractivity contribution in [2.45, 2.75) is 6.61 Å². The standard InChI is InChI=1S/C8H7O3/c9-4-6-2-1-3-7-8(6)11-5-10-7/h1-3H,4-5H2. The Kier molecular flexibility index (Phi) is 1.43. The Labute approximate surface area is 64.2 Å². The number of ether oxygens (including phenoxy) is 2. The minimum absolute atomic E-state index is 0.229. The third kappa shape index (κ3) is 0.935. The molecule has 3 nitrogen and oxygen atoms in total. The van der Waals surface area contributed by atoms with Crippen LogP contribution in [-0.4, -0.2) is 6.79 Å². The Morgan fingerprint density at radius 2 is 2.27 bits per heavy atom. The molecule has 11 heavy (non-hydrogen) atoms. The maximum absolute atomic E-state index is 10.6. The summed E-state index contributed by atoms with van der Waals surface area (Å²) in [5, 5.41) is 10.6. The highest BCUT2D eigenvalue weighted by Gasteiger charge is 2.16. The number of hydrogen-bond acceptors (Lipinski definition) is 2. The molecule has 0 saturated heterocycles. The highest BCUT2D eigenvalue weighted by atomic mass is 16.7. The molecule has 1 heterocycles. The molecule has 2 rings (SSSR count). The van der Waals surface area contributed by atoms with Gasteiger partial charge in [0.1, 0.15) is 6.61 Å². The maximum atomic E-state index is 10.6. The number of para-hydroxylation sites is 1. The zero-order valence-electron chi connectivity index (χ0n) is 5.87. The second kappa shape index (κ2) is 2.43. The van der Waals surface area contributed by atoms with E-state index in [0.717, 1.165) is 0 Å². The topological polar surface area (TPSA) is 38.4 Å². The van der Waals surface area contributed by atoms with Gasteiger partial charge in [-0.05, 0) is 6.07 Å². The molecular formula is C8H7O3. The van der Waals surface area contributed by atoms with E-state index >= 15 is 0 Å². The van der Waals surface area contributed by atoms with E-state index in [4.69, 9.17) is 9.47 Å². The SMILES string of the molecule is [O]Cc1cccc2c1OCO2. The first-order chi connectivity index (χ1) is 5.42. The van der Waals surface area contributed by atoms with Gasteiger partial charge in [0.2, 0.25) is 6.79 Å². The zero-order chi connectivity index (χ0) is 7.68. The molecule has 1 aromatic carbocycles. The Balaban J connectivity index is 2.50. The van der Waals surface area contributed by atoms with E-state index in [9.17, 15) is 5.11 Å². The van der Waals surface area contributed by atoms with Crippen molar-refractivity contribution in [1.82, 2.24) is 0 Å². The van der Waals surface area contributed by atoms with Gasteiger partial charge < -0.3 is 9.47 Å². The maximum Gasteiger partial charge on any atom is 0.231 e. The lowest BCUT2D eigenvalue weighted by Crippen LogP contribution is -1.94. The molecule has 0 saturated carbocycles. The largest absolute Gasteiger partial charge is 0.454 e. The fraction of sp³-hybridized carbons (Fsp3) is 0.250. The van der Waals surface area contributed by atoms with Crippen LogP contribution in [0.5, 0.6) is 11.5 Å². The van der Waals surface area contributed by atoms with Gasteiger partial charge in [-0.3, -0.25) is 0 Å². The summed E-state index contributed by atoms with van der Waals surface area (Å²) in [7, 11) is 0. The Morgan fingerprint density at radius 3 is 3.09 bits per heavy atom. The van der Waals surface area contributed by atoms with E-state index in [-0.39, 0.29) is 13.4 Å². The Hall–Kier alpha value is -1.22. The average Bonchev–Trinajstić information content (AvgIpc) is 2.50. The molecule has 0 unspecified atom stereocenters. The van der Waals surface area contributed by atoms with Crippen LogP contribution >= 0.6 is 0 Å². The van der Waals surface area contributed by atoms with Crippen LogP contribution in [0.3, 0.4) is 0 Å². The lowest BCUT2D eigenvalue weighted by atomic mass is 10.2. The van der Waals surface area contributed by atoms with Gasteiger partial charge in [0.05, 0.1) is 0 Å². The molecule has 1 aliphatic heterocycles. The van der Waals surface area contributed by atoms with E-state index in [1.54, 1.807) is 18.2 Å². The lowest BCUT2D eigenvalue weighted by molar-refractivity contribution is 0.159. The summed E-state index contributed by atoms with van der Waals surface area (Å²) in [4.78, 5) is 0. The molecule has 3 heteroatoms. The van der Waals surface area contributed by atoms with Gasteiger partial charge in [0.15, 0.2) is 11.5 Å². The molecule has 0 amide bonds. The van der Waals surface area contributed by atoms with Crippen LogP contribution in [0.4, 0.5) is 0 Å². The highest BCUT2D eigenvalue weighted by molar-refractivity contribution is 5.47. The summed E-state index contributed by atoms with van der Waals surface area (Å²) < 4.78 is 10.2. The smallest absolute Gasteiger partial charge is 0.231 e. The first kappa shape index (κ1) is 6.49. The van der Waals surface area contributed by atoms with Crippen LogP contribution in [0, 0.1) is 0 Å². The van der Waals surface area contributed by atoms with Crippen LogP contribution in [-0.2, 0) is 11.7 Å². The fourth-order valence-corrected chi connectivity index (χ4v) is 1.10. The van der Waals surface area contributed by atoms with Gasteiger partial charge in [-0.1, -0.05) is 12.1 Å². The van der Waals surface area contributed by atoms with Crippen molar-refractivity contribution >= 4 is 0 Å². The normalized spacial score (nSPS) is 13.5. The fourth-order valence-electron chi connectivity index (χ4n) is 1.10. The average molecular weight is 151 g/mol. The summed E-state index contributed by atoms with van der Waals surface area (Å²) in [5.74, 6) is 1.29. The molecule has 0 N–H and O–H groups in total. The van der Waals surface area contributed by atoms with E-state index in [1.807, 2.05) is 0 Å². The van der Waals surface area contributed by atoms with Crippen molar-refractivity contribution in [3.8, 4) is 11.5 Å². The van der Waals surface area contributed by atoms with Crippen molar-refractivity contribution in [3.05, 3.63) is 23.8 Å².